The van der Waals surface area contributed by atoms with E-state index in [0.29, 0.717) is 24.9 Å². The number of piperidine rings is 1. The second-order valence-electron chi connectivity index (χ2n) is 9.10. The molecule has 2 aliphatic rings. The first-order valence-corrected chi connectivity index (χ1v) is 10.3. The number of alkyl halides is 2. The van der Waals surface area contributed by atoms with Crippen LogP contribution < -0.4 is 5.32 Å². The van der Waals surface area contributed by atoms with Crippen LogP contribution in [0.25, 0.3) is 0 Å². The third kappa shape index (κ3) is 5.28. The van der Waals surface area contributed by atoms with Gasteiger partial charge in [-0.15, -0.1) is 0 Å². The Kier molecular flexibility index (Phi) is 6.36. The first kappa shape index (κ1) is 22.5. The maximum Gasteiger partial charge on any atom is 0.410 e. The monoisotopic (exact) mass is 424 g/mol. The topological polar surface area (TPSA) is 67.9 Å². The van der Waals surface area contributed by atoms with E-state index in [2.05, 4.69) is 5.32 Å². The summed E-state index contributed by atoms with van der Waals surface area (Å²) in [5.74, 6) is -3.13. The Hall–Kier alpha value is -2.22. The molecule has 2 fully saturated rings. The summed E-state index contributed by atoms with van der Waals surface area (Å²) >= 11 is 0. The molecule has 1 aromatic rings. The Morgan fingerprint density at radius 2 is 1.77 bits per heavy atom. The van der Waals surface area contributed by atoms with Crippen LogP contribution in [-0.4, -0.2) is 54.2 Å². The quantitative estimate of drug-likeness (QED) is 0.730. The Bertz CT molecular complexity index is 768. The van der Waals surface area contributed by atoms with Crippen LogP contribution in [0.2, 0.25) is 0 Å². The number of ether oxygens (including phenoxy) is 2. The lowest BCUT2D eigenvalue weighted by Gasteiger charge is -2.48. The zero-order valence-corrected chi connectivity index (χ0v) is 17.9. The molecule has 3 rings (SSSR count). The fraction of sp³-hybridized carbons (Fsp3) is 0.636. The highest BCUT2D eigenvalue weighted by molar-refractivity contribution is 5.89. The van der Waals surface area contributed by atoms with Crippen LogP contribution in [0, 0.1) is 0 Å². The summed E-state index contributed by atoms with van der Waals surface area (Å²) < 4.78 is 37.4. The molecule has 1 aliphatic heterocycles. The van der Waals surface area contributed by atoms with Crippen molar-refractivity contribution in [3.05, 3.63) is 35.4 Å². The number of benzene rings is 1. The first-order chi connectivity index (χ1) is 14.0. The number of halogens is 2. The molecule has 1 N–H and O–H groups in total. The van der Waals surface area contributed by atoms with Crippen molar-refractivity contribution in [1.82, 2.24) is 10.2 Å². The molecule has 6 nitrogen and oxygen atoms in total. The molecule has 1 aromatic carbocycles. The van der Waals surface area contributed by atoms with Gasteiger partial charge in [0.25, 0.3) is 5.92 Å². The number of rotatable bonds is 4. The molecule has 166 valence electrons. The van der Waals surface area contributed by atoms with Crippen molar-refractivity contribution in [2.75, 3.05) is 13.7 Å². The summed E-state index contributed by atoms with van der Waals surface area (Å²) in [5, 5.41) is 3.42. The van der Waals surface area contributed by atoms with E-state index in [1.54, 1.807) is 37.8 Å². The largest absolute Gasteiger partial charge is 0.465 e. The van der Waals surface area contributed by atoms with Gasteiger partial charge in [0, 0.05) is 31.0 Å². The normalized spacial score (nSPS) is 23.9. The summed E-state index contributed by atoms with van der Waals surface area (Å²) in [6.07, 6.45) is 0.0648. The molecule has 0 radical (unpaired) electrons. The molecular weight excluding hydrogens is 394 g/mol. The van der Waals surface area contributed by atoms with Crippen LogP contribution in [0.1, 0.15) is 68.4 Å². The van der Waals surface area contributed by atoms with Gasteiger partial charge >= 0.3 is 12.1 Å². The molecule has 0 unspecified atom stereocenters. The molecule has 0 spiro atoms. The van der Waals surface area contributed by atoms with E-state index in [9.17, 15) is 18.4 Å². The van der Waals surface area contributed by atoms with Crippen molar-refractivity contribution < 1.29 is 27.8 Å². The predicted octanol–water partition coefficient (Wildman–Crippen LogP) is 4.30. The summed E-state index contributed by atoms with van der Waals surface area (Å²) in [6.45, 7) is 5.96. The number of hydrogen-bond donors (Lipinski definition) is 1. The Morgan fingerprint density at radius 1 is 1.13 bits per heavy atom. The number of amides is 1. The summed E-state index contributed by atoms with van der Waals surface area (Å²) in [4.78, 5) is 26.1. The highest BCUT2D eigenvalue weighted by atomic mass is 19.3. The van der Waals surface area contributed by atoms with E-state index in [4.69, 9.17) is 9.47 Å². The maximum absolute atomic E-state index is 13.6. The zero-order chi connectivity index (χ0) is 22.1. The highest BCUT2D eigenvalue weighted by Gasteiger charge is 2.51. The molecule has 1 saturated heterocycles. The number of hydrogen-bond acceptors (Lipinski definition) is 5. The van der Waals surface area contributed by atoms with Crippen LogP contribution in [0.5, 0.6) is 0 Å². The summed E-state index contributed by atoms with van der Waals surface area (Å²) in [7, 11) is 1.33. The van der Waals surface area contributed by atoms with Gasteiger partial charge in [0.05, 0.1) is 12.7 Å². The lowest BCUT2D eigenvalue weighted by Crippen LogP contribution is -2.59. The minimum Gasteiger partial charge on any atom is -0.465 e. The SMILES string of the molecule is COC(=O)c1ccc([C@@H]2C[C@@H](N(C(=O)OC(C)(C)C)C3CC(F)(F)C3)CCN2)cc1. The molecule has 30 heavy (non-hydrogen) atoms. The molecule has 2 atom stereocenters. The van der Waals surface area contributed by atoms with Gasteiger partial charge in [-0.25, -0.2) is 18.4 Å². The second kappa shape index (κ2) is 8.49. The third-order valence-electron chi connectivity index (χ3n) is 5.57. The van der Waals surface area contributed by atoms with Gasteiger partial charge < -0.3 is 19.7 Å². The van der Waals surface area contributed by atoms with Gasteiger partial charge in [0.2, 0.25) is 0 Å². The second-order valence-corrected chi connectivity index (χ2v) is 9.10. The van der Waals surface area contributed by atoms with Gasteiger partial charge in [-0.2, -0.15) is 0 Å². The molecule has 1 aliphatic carbocycles. The Morgan fingerprint density at radius 3 is 2.30 bits per heavy atom. The molecule has 1 heterocycles. The van der Waals surface area contributed by atoms with E-state index >= 15 is 0 Å². The third-order valence-corrected chi connectivity index (χ3v) is 5.57. The number of methoxy groups -OCH3 is 1. The van der Waals surface area contributed by atoms with Crippen LogP contribution in [0.4, 0.5) is 13.6 Å². The van der Waals surface area contributed by atoms with Crippen LogP contribution in [-0.2, 0) is 9.47 Å². The molecular formula is C22H30F2N2O4. The predicted molar refractivity (Wildman–Crippen MR) is 108 cm³/mol. The van der Waals surface area contributed by atoms with Gasteiger partial charge in [0.15, 0.2) is 0 Å². The molecule has 8 heteroatoms. The summed E-state index contributed by atoms with van der Waals surface area (Å²) in [6, 6.07) is 6.33. The van der Waals surface area contributed by atoms with Crippen molar-refractivity contribution in [2.45, 2.75) is 76.1 Å². The van der Waals surface area contributed by atoms with Gasteiger partial charge in [-0.05, 0) is 57.9 Å². The van der Waals surface area contributed by atoms with Crippen molar-refractivity contribution in [2.24, 2.45) is 0 Å². The Labute approximate surface area is 175 Å². The lowest BCUT2D eigenvalue weighted by atomic mass is 9.84. The lowest BCUT2D eigenvalue weighted by molar-refractivity contribution is -0.131. The molecule has 0 aromatic heterocycles. The Balaban J connectivity index is 1.75. The van der Waals surface area contributed by atoms with E-state index in [1.165, 1.54) is 7.11 Å². The minimum absolute atomic E-state index is 0.0547. The average Bonchev–Trinajstić information content (AvgIpc) is 2.65. The van der Waals surface area contributed by atoms with E-state index in [0.717, 1.165) is 5.56 Å². The standard InChI is InChI=1S/C22H30F2N2O4/c1-21(2,3)30-20(28)26(17-12-22(23,24)13-17)16-9-10-25-18(11-16)14-5-7-15(8-6-14)19(27)29-4/h5-8,16-18,25H,9-13H2,1-4H3/t16-,18-/m0/s1. The summed E-state index contributed by atoms with van der Waals surface area (Å²) in [5.41, 5.74) is 0.730. The fourth-order valence-electron chi connectivity index (χ4n) is 4.11. The molecule has 1 saturated carbocycles. The number of carbonyl (C=O) groups excluding carboxylic acids is 2. The number of nitrogens with one attached hydrogen (secondary N) is 1. The van der Waals surface area contributed by atoms with E-state index < -0.39 is 29.6 Å². The van der Waals surface area contributed by atoms with Gasteiger partial charge in [0.1, 0.15) is 5.60 Å². The van der Waals surface area contributed by atoms with Crippen LogP contribution >= 0.6 is 0 Å². The zero-order valence-electron chi connectivity index (χ0n) is 17.9. The molecule has 1 amide bonds. The first-order valence-electron chi connectivity index (χ1n) is 10.3. The number of nitrogens with zero attached hydrogens (tertiary/aromatic N) is 1. The smallest absolute Gasteiger partial charge is 0.410 e. The van der Waals surface area contributed by atoms with Crippen LogP contribution in [0.15, 0.2) is 24.3 Å². The maximum atomic E-state index is 13.6. The average molecular weight is 424 g/mol. The van der Waals surface area contributed by atoms with E-state index in [-0.39, 0.29) is 24.9 Å². The number of carbonyl (C=O) groups is 2. The van der Waals surface area contributed by atoms with Crippen molar-refractivity contribution in [3.8, 4) is 0 Å². The van der Waals surface area contributed by atoms with Crippen LogP contribution in [0.3, 0.4) is 0 Å². The minimum atomic E-state index is -2.72. The van der Waals surface area contributed by atoms with Gasteiger partial charge in [-0.3, -0.25) is 0 Å². The van der Waals surface area contributed by atoms with E-state index in [1.807, 2.05) is 12.1 Å². The van der Waals surface area contributed by atoms with Crippen molar-refractivity contribution in [3.63, 3.8) is 0 Å². The highest BCUT2D eigenvalue weighted by Crippen LogP contribution is 2.43. The van der Waals surface area contributed by atoms with Crippen molar-refractivity contribution >= 4 is 12.1 Å². The molecule has 0 bridgehead atoms. The van der Waals surface area contributed by atoms with Gasteiger partial charge in [-0.1, -0.05) is 12.1 Å². The number of esters is 1. The fourth-order valence-corrected chi connectivity index (χ4v) is 4.11. The van der Waals surface area contributed by atoms with Crippen molar-refractivity contribution in [1.29, 1.82) is 0 Å².